The number of thioether (sulfide) groups is 1. The molecular weight excluding hydrogens is 316 g/mol. The van der Waals surface area contributed by atoms with Crippen molar-refractivity contribution in [2.75, 3.05) is 31.4 Å². The summed E-state index contributed by atoms with van der Waals surface area (Å²) in [5, 5.41) is 8.74. The molecule has 122 valence electrons. The van der Waals surface area contributed by atoms with Crippen molar-refractivity contribution < 1.29 is 9.47 Å². The number of aryl methyl sites for hydroxylation is 1. The molecule has 1 saturated carbocycles. The van der Waals surface area contributed by atoms with Crippen molar-refractivity contribution >= 4 is 34.0 Å². The molecule has 0 aromatic carbocycles. The molecule has 0 bridgehead atoms. The van der Waals surface area contributed by atoms with Crippen molar-refractivity contribution in [3.63, 3.8) is 0 Å². The van der Waals surface area contributed by atoms with Crippen LogP contribution in [-0.2, 0) is 9.47 Å². The molecule has 1 aliphatic heterocycles. The van der Waals surface area contributed by atoms with Crippen LogP contribution in [0, 0.1) is 6.92 Å². The van der Waals surface area contributed by atoms with Gasteiger partial charge in [-0.05, 0) is 37.0 Å². The zero-order valence-corrected chi connectivity index (χ0v) is 14.9. The Morgan fingerprint density at radius 3 is 3.00 bits per heavy atom. The van der Waals surface area contributed by atoms with E-state index in [4.69, 9.17) is 14.5 Å². The summed E-state index contributed by atoms with van der Waals surface area (Å²) in [7, 11) is 0. The maximum atomic E-state index is 6.16. The Labute approximate surface area is 140 Å². The molecule has 0 amide bonds. The highest BCUT2D eigenvalue weighted by Gasteiger charge is 2.44. The fourth-order valence-electron chi connectivity index (χ4n) is 3.18. The van der Waals surface area contributed by atoms with E-state index in [1.165, 1.54) is 18.4 Å². The minimum Gasteiger partial charge on any atom is -0.376 e. The number of nitrogens with zero attached hydrogens (tertiary/aromatic N) is 1. The molecule has 1 spiro atoms. The zero-order chi connectivity index (χ0) is 15.4. The minimum atomic E-state index is -0.206. The molecule has 2 heterocycles. The van der Waals surface area contributed by atoms with E-state index in [1.807, 2.05) is 0 Å². The number of thiophene rings is 1. The van der Waals surface area contributed by atoms with E-state index in [0.717, 1.165) is 23.7 Å². The van der Waals surface area contributed by atoms with E-state index in [1.54, 1.807) is 23.1 Å². The largest absolute Gasteiger partial charge is 0.376 e. The zero-order valence-electron chi connectivity index (χ0n) is 13.3. The average Bonchev–Trinajstić information content (AvgIpc) is 2.95. The Kier molecular flexibility index (Phi) is 5.44. The molecule has 2 unspecified atom stereocenters. The predicted molar refractivity (Wildman–Crippen MR) is 95.4 cm³/mol. The first kappa shape index (κ1) is 16.3. The van der Waals surface area contributed by atoms with E-state index in [2.05, 4.69) is 29.3 Å². The van der Waals surface area contributed by atoms with Gasteiger partial charge in [-0.2, -0.15) is 0 Å². The summed E-state index contributed by atoms with van der Waals surface area (Å²) in [6, 6.07) is 0.190. The number of amidine groups is 1. The number of aliphatic imine (C=N–C) groups is 1. The van der Waals surface area contributed by atoms with E-state index in [0.29, 0.717) is 19.8 Å². The number of hydrogen-bond acceptors (Lipinski definition) is 5. The number of ether oxygens (including phenoxy) is 2. The van der Waals surface area contributed by atoms with E-state index in [9.17, 15) is 0 Å². The van der Waals surface area contributed by atoms with Gasteiger partial charge in [0.25, 0.3) is 0 Å². The van der Waals surface area contributed by atoms with E-state index >= 15 is 0 Å². The molecule has 0 radical (unpaired) electrons. The van der Waals surface area contributed by atoms with Gasteiger partial charge in [0.05, 0.1) is 31.5 Å². The van der Waals surface area contributed by atoms with Crippen LogP contribution in [0.1, 0.15) is 31.2 Å². The molecule has 1 aromatic heterocycles. The normalized spacial score (nSPS) is 29.7. The van der Waals surface area contributed by atoms with Gasteiger partial charge in [-0.15, -0.1) is 11.3 Å². The second-order valence-corrected chi connectivity index (χ2v) is 7.50. The fraction of sp³-hybridized carbons (Fsp3) is 0.688. The summed E-state index contributed by atoms with van der Waals surface area (Å²) >= 11 is 3.38. The fourth-order valence-corrected chi connectivity index (χ4v) is 4.41. The lowest BCUT2D eigenvalue weighted by Gasteiger charge is -2.44. The van der Waals surface area contributed by atoms with Crippen molar-refractivity contribution in [2.24, 2.45) is 4.99 Å². The molecule has 1 aliphatic carbocycles. The van der Waals surface area contributed by atoms with Gasteiger partial charge in [0, 0.05) is 5.38 Å². The summed E-state index contributed by atoms with van der Waals surface area (Å²) < 4.78 is 11.9. The minimum absolute atomic E-state index is 0.190. The number of nitrogens with one attached hydrogen (secondary N) is 1. The standard InChI is InChI=1S/C16H24N2O2S2/c1-12-9-22-10-13(12)17-15(21-2)18-14-5-3-4-6-16(14)11-19-7-8-20-16/h9-10,14H,3-8,11H2,1-2H3,(H,17,18). The molecular formula is C16H24N2O2S2. The highest BCUT2D eigenvalue weighted by molar-refractivity contribution is 8.13. The number of hydrogen-bond donors (Lipinski definition) is 1. The third-order valence-electron chi connectivity index (χ3n) is 4.46. The van der Waals surface area contributed by atoms with Crippen molar-refractivity contribution in [1.29, 1.82) is 0 Å². The summed E-state index contributed by atoms with van der Waals surface area (Å²) in [5.74, 6) is 0. The van der Waals surface area contributed by atoms with Gasteiger partial charge in [0.15, 0.2) is 5.17 Å². The topological polar surface area (TPSA) is 42.9 Å². The van der Waals surface area contributed by atoms with Crippen LogP contribution in [-0.4, -0.2) is 42.9 Å². The lowest BCUT2D eigenvalue weighted by molar-refractivity contribution is -0.178. The molecule has 1 aromatic rings. The smallest absolute Gasteiger partial charge is 0.161 e. The number of anilines is 1. The Hall–Kier alpha value is -0.560. The third kappa shape index (κ3) is 3.50. The van der Waals surface area contributed by atoms with Crippen molar-refractivity contribution in [3.8, 4) is 0 Å². The summed E-state index contributed by atoms with van der Waals surface area (Å²) in [4.78, 5) is 5.02. The second-order valence-electron chi connectivity index (χ2n) is 5.96. The molecule has 1 N–H and O–H groups in total. The SMILES string of the molecule is CSC(=NC1CCCCC12COCCO2)Nc1cscc1C. The molecule has 2 atom stereocenters. The van der Waals surface area contributed by atoms with Crippen LogP contribution < -0.4 is 5.32 Å². The summed E-state index contributed by atoms with van der Waals surface area (Å²) in [5.41, 5.74) is 2.22. The predicted octanol–water partition coefficient (Wildman–Crippen LogP) is 3.92. The quantitative estimate of drug-likeness (QED) is 0.655. The van der Waals surface area contributed by atoms with E-state index in [-0.39, 0.29) is 11.6 Å². The van der Waals surface area contributed by atoms with Crippen LogP contribution in [0.4, 0.5) is 5.69 Å². The third-order valence-corrected chi connectivity index (χ3v) is 5.92. The van der Waals surface area contributed by atoms with Gasteiger partial charge >= 0.3 is 0 Å². The molecule has 3 rings (SSSR count). The highest BCUT2D eigenvalue weighted by atomic mass is 32.2. The Bertz CT molecular complexity index is 516. The number of rotatable bonds is 2. The van der Waals surface area contributed by atoms with E-state index < -0.39 is 0 Å². The monoisotopic (exact) mass is 340 g/mol. The van der Waals surface area contributed by atoms with Crippen molar-refractivity contribution in [1.82, 2.24) is 0 Å². The van der Waals surface area contributed by atoms with Gasteiger partial charge in [0.1, 0.15) is 5.60 Å². The van der Waals surface area contributed by atoms with Gasteiger partial charge < -0.3 is 14.8 Å². The van der Waals surface area contributed by atoms with Crippen LogP contribution in [0.2, 0.25) is 0 Å². The van der Waals surface area contributed by atoms with Gasteiger partial charge in [-0.25, -0.2) is 0 Å². The Balaban J connectivity index is 1.78. The molecule has 22 heavy (non-hydrogen) atoms. The average molecular weight is 341 g/mol. The molecule has 1 saturated heterocycles. The van der Waals surface area contributed by atoms with Crippen molar-refractivity contribution in [2.45, 2.75) is 44.2 Å². The van der Waals surface area contributed by atoms with Gasteiger partial charge in [-0.3, -0.25) is 4.99 Å². The molecule has 2 fully saturated rings. The maximum absolute atomic E-state index is 6.16. The van der Waals surface area contributed by atoms with Crippen molar-refractivity contribution in [3.05, 3.63) is 16.3 Å². The molecule has 4 nitrogen and oxygen atoms in total. The Morgan fingerprint density at radius 2 is 2.32 bits per heavy atom. The first-order valence-electron chi connectivity index (χ1n) is 7.87. The van der Waals surface area contributed by atoms with Crippen LogP contribution in [0.3, 0.4) is 0 Å². The lowest BCUT2D eigenvalue weighted by atomic mass is 9.80. The van der Waals surface area contributed by atoms with Gasteiger partial charge in [0.2, 0.25) is 0 Å². The van der Waals surface area contributed by atoms with Crippen LogP contribution in [0.25, 0.3) is 0 Å². The van der Waals surface area contributed by atoms with Crippen LogP contribution in [0.5, 0.6) is 0 Å². The maximum Gasteiger partial charge on any atom is 0.161 e. The lowest BCUT2D eigenvalue weighted by Crippen LogP contribution is -2.53. The highest BCUT2D eigenvalue weighted by Crippen LogP contribution is 2.36. The summed E-state index contributed by atoms with van der Waals surface area (Å²) in [6.45, 7) is 4.20. The first-order valence-corrected chi connectivity index (χ1v) is 10.0. The second kappa shape index (κ2) is 7.34. The van der Waals surface area contributed by atoms with Crippen LogP contribution >= 0.6 is 23.1 Å². The van der Waals surface area contributed by atoms with Crippen LogP contribution in [0.15, 0.2) is 15.8 Å². The Morgan fingerprint density at radius 1 is 1.41 bits per heavy atom. The molecule has 6 heteroatoms. The van der Waals surface area contributed by atoms with Gasteiger partial charge in [-0.1, -0.05) is 24.6 Å². The first-order chi connectivity index (χ1) is 10.7. The molecule has 2 aliphatic rings. The summed E-state index contributed by atoms with van der Waals surface area (Å²) in [6.07, 6.45) is 6.64.